The average Bonchev–Trinajstić information content (AvgIpc) is 3.19. The Morgan fingerprint density at radius 1 is 1.30 bits per heavy atom. The second-order valence-electron chi connectivity index (χ2n) is 5.23. The van der Waals surface area contributed by atoms with Crippen LogP contribution in [0.2, 0.25) is 0 Å². The van der Waals surface area contributed by atoms with Crippen LogP contribution in [-0.2, 0) is 7.05 Å². The van der Waals surface area contributed by atoms with Crippen molar-refractivity contribution >= 4 is 5.82 Å². The van der Waals surface area contributed by atoms with Crippen LogP contribution < -0.4 is 10.1 Å². The lowest BCUT2D eigenvalue weighted by Gasteiger charge is -2.12. The Bertz CT molecular complexity index is 645. The number of nitrogens with zero attached hydrogens (tertiary/aromatic N) is 4. The van der Waals surface area contributed by atoms with Gasteiger partial charge in [-0.05, 0) is 26.7 Å². The third-order valence-electron chi connectivity index (χ3n) is 3.46. The van der Waals surface area contributed by atoms with Crippen molar-refractivity contribution in [3.05, 3.63) is 23.1 Å². The first-order valence-corrected chi connectivity index (χ1v) is 6.83. The average molecular weight is 273 g/mol. The minimum Gasteiger partial charge on any atom is -0.420 e. The molecule has 6 heteroatoms. The van der Waals surface area contributed by atoms with Crippen LogP contribution in [0.4, 0.5) is 5.82 Å². The molecule has 106 valence electrons. The smallest absolute Gasteiger partial charge is 0.229 e. The van der Waals surface area contributed by atoms with E-state index in [1.165, 1.54) is 0 Å². The molecule has 0 aromatic carbocycles. The summed E-state index contributed by atoms with van der Waals surface area (Å²) in [6, 6.07) is 1.90. The van der Waals surface area contributed by atoms with E-state index >= 15 is 0 Å². The van der Waals surface area contributed by atoms with E-state index in [4.69, 9.17) is 4.74 Å². The van der Waals surface area contributed by atoms with E-state index in [2.05, 4.69) is 20.4 Å². The van der Waals surface area contributed by atoms with Gasteiger partial charge in [-0.3, -0.25) is 0 Å². The monoisotopic (exact) mass is 273 g/mol. The molecule has 1 aliphatic carbocycles. The van der Waals surface area contributed by atoms with Crippen LogP contribution in [0.3, 0.4) is 0 Å². The maximum Gasteiger partial charge on any atom is 0.229 e. The lowest BCUT2D eigenvalue weighted by Crippen LogP contribution is -2.06. The van der Waals surface area contributed by atoms with Gasteiger partial charge in [0.25, 0.3) is 0 Å². The molecule has 0 aliphatic heterocycles. The van der Waals surface area contributed by atoms with Gasteiger partial charge in [0.05, 0.1) is 11.3 Å². The third-order valence-corrected chi connectivity index (χ3v) is 3.46. The van der Waals surface area contributed by atoms with Crippen LogP contribution in [-0.4, -0.2) is 26.8 Å². The van der Waals surface area contributed by atoms with E-state index in [-0.39, 0.29) is 0 Å². The molecule has 0 bridgehead atoms. The van der Waals surface area contributed by atoms with Crippen LogP contribution in [0.15, 0.2) is 6.07 Å². The number of rotatable bonds is 4. The Morgan fingerprint density at radius 3 is 2.60 bits per heavy atom. The summed E-state index contributed by atoms with van der Waals surface area (Å²) in [6.07, 6.45) is 2.33. The summed E-state index contributed by atoms with van der Waals surface area (Å²) < 4.78 is 7.65. The van der Waals surface area contributed by atoms with Crippen molar-refractivity contribution < 1.29 is 4.74 Å². The maximum absolute atomic E-state index is 5.93. The predicted molar refractivity (Wildman–Crippen MR) is 76.3 cm³/mol. The van der Waals surface area contributed by atoms with Crippen molar-refractivity contribution in [3.8, 4) is 11.8 Å². The second kappa shape index (κ2) is 4.77. The highest BCUT2D eigenvalue weighted by molar-refractivity contribution is 5.49. The summed E-state index contributed by atoms with van der Waals surface area (Å²) in [5, 5.41) is 7.39. The fourth-order valence-corrected chi connectivity index (χ4v) is 2.16. The van der Waals surface area contributed by atoms with Crippen molar-refractivity contribution in [2.24, 2.45) is 7.05 Å². The highest BCUT2D eigenvalue weighted by Crippen LogP contribution is 2.40. The Hall–Kier alpha value is -2.11. The van der Waals surface area contributed by atoms with E-state index in [0.717, 1.165) is 35.7 Å². The molecule has 0 amide bonds. The van der Waals surface area contributed by atoms with Crippen LogP contribution in [0, 0.1) is 13.8 Å². The molecule has 0 atom stereocenters. The Labute approximate surface area is 118 Å². The number of hydrogen-bond donors (Lipinski definition) is 1. The van der Waals surface area contributed by atoms with Crippen molar-refractivity contribution in [2.45, 2.75) is 32.6 Å². The summed E-state index contributed by atoms with van der Waals surface area (Å²) in [6.45, 7) is 3.90. The first-order chi connectivity index (χ1) is 9.58. The molecule has 1 N–H and O–H groups in total. The van der Waals surface area contributed by atoms with Gasteiger partial charge >= 0.3 is 0 Å². The van der Waals surface area contributed by atoms with Gasteiger partial charge in [-0.2, -0.15) is 10.1 Å². The Kier molecular flexibility index (Phi) is 3.08. The SMILES string of the molecule is CNc1nc(C2CC2)nc(Oc2cc(C)nn2C)c1C. The summed E-state index contributed by atoms with van der Waals surface area (Å²) in [5.74, 6) is 3.48. The summed E-state index contributed by atoms with van der Waals surface area (Å²) >= 11 is 0. The van der Waals surface area contributed by atoms with Crippen LogP contribution >= 0.6 is 0 Å². The van der Waals surface area contributed by atoms with E-state index in [1.807, 2.05) is 34.0 Å². The van der Waals surface area contributed by atoms with Crippen molar-refractivity contribution in [2.75, 3.05) is 12.4 Å². The fourth-order valence-electron chi connectivity index (χ4n) is 2.16. The zero-order valence-corrected chi connectivity index (χ0v) is 12.3. The van der Waals surface area contributed by atoms with Crippen LogP contribution in [0.1, 0.15) is 35.8 Å². The molecule has 0 unspecified atom stereocenters. The van der Waals surface area contributed by atoms with Gasteiger partial charge in [-0.1, -0.05) is 0 Å². The molecule has 1 aliphatic rings. The van der Waals surface area contributed by atoms with Gasteiger partial charge in [0, 0.05) is 26.1 Å². The normalized spacial score (nSPS) is 14.4. The molecule has 1 saturated carbocycles. The number of hydrogen-bond acceptors (Lipinski definition) is 5. The topological polar surface area (TPSA) is 64.9 Å². The quantitative estimate of drug-likeness (QED) is 0.927. The minimum atomic E-state index is 0.485. The van der Waals surface area contributed by atoms with Crippen molar-refractivity contribution in [1.29, 1.82) is 0 Å². The van der Waals surface area contributed by atoms with Crippen molar-refractivity contribution in [1.82, 2.24) is 19.7 Å². The molecule has 1 fully saturated rings. The predicted octanol–water partition coefficient (Wildman–Crippen LogP) is 2.54. The van der Waals surface area contributed by atoms with Gasteiger partial charge in [0.1, 0.15) is 11.6 Å². The highest BCUT2D eigenvalue weighted by Gasteiger charge is 2.28. The van der Waals surface area contributed by atoms with Crippen LogP contribution in [0.25, 0.3) is 0 Å². The van der Waals surface area contributed by atoms with Gasteiger partial charge in [-0.25, -0.2) is 9.67 Å². The lowest BCUT2D eigenvalue weighted by atomic mass is 10.3. The second-order valence-corrected chi connectivity index (χ2v) is 5.23. The van der Waals surface area contributed by atoms with E-state index in [1.54, 1.807) is 4.68 Å². The molecule has 2 aromatic heterocycles. The van der Waals surface area contributed by atoms with Crippen molar-refractivity contribution in [3.63, 3.8) is 0 Å². The number of aromatic nitrogens is 4. The van der Waals surface area contributed by atoms with Gasteiger partial charge < -0.3 is 10.1 Å². The maximum atomic E-state index is 5.93. The highest BCUT2D eigenvalue weighted by atomic mass is 16.5. The molecule has 20 heavy (non-hydrogen) atoms. The number of aryl methyl sites for hydroxylation is 2. The van der Waals surface area contributed by atoms with Gasteiger partial charge in [-0.15, -0.1) is 0 Å². The van der Waals surface area contributed by atoms with E-state index < -0.39 is 0 Å². The summed E-state index contributed by atoms with van der Waals surface area (Å²) in [7, 11) is 3.73. The van der Waals surface area contributed by atoms with Gasteiger partial charge in [0.15, 0.2) is 0 Å². The molecule has 0 radical (unpaired) electrons. The van der Waals surface area contributed by atoms with E-state index in [0.29, 0.717) is 17.7 Å². The standard InChI is InChI=1S/C14H19N5O/c1-8-7-11(19(4)18-8)20-14-9(2)12(15-3)16-13(17-14)10-5-6-10/h7,10H,5-6H2,1-4H3,(H,15,16,17). The minimum absolute atomic E-state index is 0.485. The largest absolute Gasteiger partial charge is 0.420 e. The Balaban J connectivity index is 1.99. The number of ether oxygens (including phenoxy) is 1. The summed E-state index contributed by atoms with van der Waals surface area (Å²) in [5.41, 5.74) is 1.83. The molecule has 2 aromatic rings. The fraction of sp³-hybridized carbons (Fsp3) is 0.500. The number of anilines is 1. The zero-order chi connectivity index (χ0) is 14.3. The molecule has 3 rings (SSSR count). The molecular weight excluding hydrogens is 254 g/mol. The van der Waals surface area contributed by atoms with Crippen LogP contribution in [0.5, 0.6) is 11.8 Å². The van der Waals surface area contributed by atoms with Gasteiger partial charge in [0.2, 0.25) is 11.8 Å². The summed E-state index contributed by atoms with van der Waals surface area (Å²) in [4.78, 5) is 9.13. The Morgan fingerprint density at radius 2 is 2.05 bits per heavy atom. The molecule has 0 spiro atoms. The molecule has 0 saturated heterocycles. The zero-order valence-electron chi connectivity index (χ0n) is 12.3. The van der Waals surface area contributed by atoms with E-state index in [9.17, 15) is 0 Å². The molecule has 6 nitrogen and oxygen atoms in total. The first kappa shape index (κ1) is 12.9. The third kappa shape index (κ3) is 2.33. The first-order valence-electron chi connectivity index (χ1n) is 6.83. The lowest BCUT2D eigenvalue weighted by molar-refractivity contribution is 0.409. The number of nitrogens with one attached hydrogen (secondary N) is 1. The molecular formula is C14H19N5O. The molecule has 2 heterocycles.